The van der Waals surface area contributed by atoms with E-state index < -0.39 is 0 Å². The standard InChI is InChI=1S/C22H22N4O2S/c1-2-15-6-8-18(9-7-15)26-14-16(12-20(26)27)21(28)24-17-4-3-5-19(13-17)25-11-10-23-22(25)29/h3-11,13,16H,2,12,14H2,1H3,(H,23,29)(H,24,28). The molecule has 1 aliphatic heterocycles. The van der Waals surface area contributed by atoms with Crippen molar-refractivity contribution in [2.45, 2.75) is 19.8 Å². The summed E-state index contributed by atoms with van der Waals surface area (Å²) in [5.74, 6) is -0.561. The highest BCUT2D eigenvalue weighted by Crippen LogP contribution is 2.27. The number of hydrogen-bond acceptors (Lipinski definition) is 3. The first-order valence-corrected chi connectivity index (χ1v) is 10.0. The first-order valence-electron chi connectivity index (χ1n) is 9.62. The van der Waals surface area contributed by atoms with Gasteiger partial charge in [0.1, 0.15) is 0 Å². The molecule has 2 N–H and O–H groups in total. The number of hydrogen-bond donors (Lipinski definition) is 2. The maximum absolute atomic E-state index is 12.8. The molecule has 7 heteroatoms. The summed E-state index contributed by atoms with van der Waals surface area (Å²) < 4.78 is 2.41. The molecule has 1 unspecified atom stereocenters. The lowest BCUT2D eigenvalue weighted by Crippen LogP contribution is -2.28. The molecular weight excluding hydrogens is 384 g/mol. The van der Waals surface area contributed by atoms with E-state index >= 15 is 0 Å². The molecule has 0 radical (unpaired) electrons. The highest BCUT2D eigenvalue weighted by molar-refractivity contribution is 7.71. The van der Waals surface area contributed by atoms with Crippen LogP contribution >= 0.6 is 12.2 Å². The maximum Gasteiger partial charge on any atom is 0.229 e. The topological polar surface area (TPSA) is 70.1 Å². The molecule has 6 nitrogen and oxygen atoms in total. The van der Waals surface area contributed by atoms with E-state index in [0.717, 1.165) is 17.8 Å². The second-order valence-corrected chi connectivity index (χ2v) is 7.49. The number of aromatic nitrogens is 2. The molecule has 0 spiro atoms. The number of benzene rings is 2. The number of amides is 2. The molecule has 1 atom stereocenters. The first-order chi connectivity index (χ1) is 14.0. The van der Waals surface area contributed by atoms with E-state index in [-0.39, 0.29) is 24.2 Å². The Kier molecular flexibility index (Phi) is 5.31. The van der Waals surface area contributed by atoms with Gasteiger partial charge < -0.3 is 15.2 Å². The Hall–Kier alpha value is -3.19. The van der Waals surface area contributed by atoms with Crippen molar-refractivity contribution in [3.8, 4) is 5.69 Å². The summed E-state index contributed by atoms with van der Waals surface area (Å²) in [5.41, 5.74) is 3.59. The van der Waals surface area contributed by atoms with Crippen molar-refractivity contribution in [3.63, 3.8) is 0 Å². The van der Waals surface area contributed by atoms with Gasteiger partial charge in [-0.1, -0.05) is 25.1 Å². The Morgan fingerprint density at radius 2 is 2.00 bits per heavy atom. The summed E-state index contributed by atoms with van der Waals surface area (Å²) in [6.45, 7) is 2.48. The number of aromatic amines is 1. The lowest BCUT2D eigenvalue weighted by molar-refractivity contribution is -0.122. The molecule has 1 fully saturated rings. The van der Waals surface area contributed by atoms with E-state index in [0.29, 0.717) is 17.0 Å². The summed E-state index contributed by atoms with van der Waals surface area (Å²) in [6, 6.07) is 15.4. The van der Waals surface area contributed by atoms with Gasteiger partial charge in [-0.3, -0.25) is 14.2 Å². The van der Waals surface area contributed by atoms with Crippen LogP contribution in [0.4, 0.5) is 11.4 Å². The molecule has 1 saturated heterocycles. The Labute approximate surface area is 174 Å². The number of aryl methyl sites for hydroxylation is 1. The molecule has 2 heterocycles. The van der Waals surface area contributed by atoms with E-state index in [9.17, 15) is 9.59 Å². The van der Waals surface area contributed by atoms with Crippen LogP contribution in [0.5, 0.6) is 0 Å². The zero-order valence-corrected chi connectivity index (χ0v) is 16.9. The van der Waals surface area contributed by atoms with Crippen molar-refractivity contribution in [2.24, 2.45) is 5.92 Å². The Morgan fingerprint density at radius 1 is 1.21 bits per heavy atom. The normalized spacial score (nSPS) is 16.2. The monoisotopic (exact) mass is 406 g/mol. The molecule has 148 valence electrons. The Bertz CT molecular complexity index is 1100. The van der Waals surface area contributed by atoms with Gasteiger partial charge in [0.25, 0.3) is 0 Å². The predicted octanol–water partition coefficient (Wildman–Crippen LogP) is 4.09. The van der Waals surface area contributed by atoms with E-state index in [1.165, 1.54) is 5.56 Å². The highest BCUT2D eigenvalue weighted by Gasteiger charge is 2.35. The van der Waals surface area contributed by atoms with Crippen molar-refractivity contribution >= 4 is 35.4 Å². The van der Waals surface area contributed by atoms with Gasteiger partial charge in [0.2, 0.25) is 11.8 Å². The van der Waals surface area contributed by atoms with Crippen LogP contribution in [0.15, 0.2) is 60.9 Å². The SMILES string of the molecule is CCc1ccc(N2CC(C(=O)Nc3cccc(-n4cc[nH]c4=S)c3)CC2=O)cc1. The van der Waals surface area contributed by atoms with Crippen LogP contribution in [0.3, 0.4) is 0 Å². The van der Waals surface area contributed by atoms with Gasteiger partial charge in [-0.05, 0) is 54.5 Å². The third kappa shape index (κ3) is 4.00. The average molecular weight is 407 g/mol. The summed E-state index contributed by atoms with van der Waals surface area (Å²) >= 11 is 5.25. The fourth-order valence-electron chi connectivity index (χ4n) is 3.55. The Morgan fingerprint density at radius 3 is 2.69 bits per heavy atom. The lowest BCUT2D eigenvalue weighted by Gasteiger charge is -2.17. The van der Waals surface area contributed by atoms with Gasteiger partial charge in [-0.15, -0.1) is 0 Å². The van der Waals surface area contributed by atoms with Crippen molar-refractivity contribution in [1.29, 1.82) is 0 Å². The van der Waals surface area contributed by atoms with Gasteiger partial charge in [-0.25, -0.2) is 0 Å². The molecule has 1 aromatic heterocycles. The molecule has 2 aromatic carbocycles. The number of carbonyl (C=O) groups excluding carboxylic acids is 2. The molecule has 3 aromatic rings. The predicted molar refractivity (Wildman–Crippen MR) is 116 cm³/mol. The van der Waals surface area contributed by atoms with Gasteiger partial charge in [0, 0.05) is 42.4 Å². The van der Waals surface area contributed by atoms with Gasteiger partial charge in [0.05, 0.1) is 5.92 Å². The number of imidazole rings is 1. The zero-order valence-electron chi connectivity index (χ0n) is 16.1. The summed E-state index contributed by atoms with van der Waals surface area (Å²) in [7, 11) is 0. The molecule has 2 amide bonds. The number of H-pyrrole nitrogens is 1. The third-order valence-corrected chi connectivity index (χ3v) is 5.51. The number of nitrogens with one attached hydrogen (secondary N) is 2. The van der Waals surface area contributed by atoms with E-state index in [4.69, 9.17) is 12.2 Å². The quantitative estimate of drug-likeness (QED) is 0.627. The molecule has 0 bridgehead atoms. The molecular formula is C22H22N4O2S. The van der Waals surface area contributed by atoms with Crippen LogP contribution in [0.2, 0.25) is 0 Å². The second-order valence-electron chi connectivity index (χ2n) is 7.10. The second kappa shape index (κ2) is 8.05. The fraction of sp³-hybridized carbons (Fsp3) is 0.227. The molecule has 29 heavy (non-hydrogen) atoms. The van der Waals surface area contributed by atoms with Crippen LogP contribution in [-0.4, -0.2) is 27.9 Å². The van der Waals surface area contributed by atoms with E-state index in [2.05, 4.69) is 17.2 Å². The molecule has 4 rings (SSSR count). The fourth-order valence-corrected chi connectivity index (χ4v) is 3.78. The van der Waals surface area contributed by atoms with Gasteiger partial charge in [-0.2, -0.15) is 0 Å². The Balaban J connectivity index is 1.46. The minimum Gasteiger partial charge on any atom is -0.337 e. The smallest absolute Gasteiger partial charge is 0.229 e. The zero-order chi connectivity index (χ0) is 20.4. The van der Waals surface area contributed by atoms with Crippen molar-refractivity contribution in [2.75, 3.05) is 16.8 Å². The number of anilines is 2. The maximum atomic E-state index is 12.8. The summed E-state index contributed by atoms with van der Waals surface area (Å²) in [5, 5.41) is 2.94. The number of rotatable bonds is 5. The minimum absolute atomic E-state index is 0.0261. The van der Waals surface area contributed by atoms with Crippen LogP contribution < -0.4 is 10.2 Å². The van der Waals surface area contributed by atoms with Crippen molar-refractivity contribution < 1.29 is 9.59 Å². The van der Waals surface area contributed by atoms with Gasteiger partial charge >= 0.3 is 0 Å². The lowest BCUT2D eigenvalue weighted by atomic mass is 10.1. The average Bonchev–Trinajstić information content (AvgIpc) is 3.34. The van der Waals surface area contributed by atoms with Crippen LogP contribution in [0.25, 0.3) is 5.69 Å². The molecule has 1 aliphatic rings. The van der Waals surface area contributed by atoms with Crippen LogP contribution in [-0.2, 0) is 16.0 Å². The molecule has 0 saturated carbocycles. The minimum atomic E-state index is -0.383. The summed E-state index contributed by atoms with van der Waals surface area (Å²) in [6.07, 6.45) is 4.76. The van der Waals surface area contributed by atoms with Crippen LogP contribution in [0, 0.1) is 10.7 Å². The van der Waals surface area contributed by atoms with E-state index in [1.54, 1.807) is 11.1 Å². The van der Waals surface area contributed by atoms with Crippen LogP contribution in [0.1, 0.15) is 18.9 Å². The third-order valence-electron chi connectivity index (χ3n) is 5.19. The largest absolute Gasteiger partial charge is 0.337 e. The van der Waals surface area contributed by atoms with E-state index in [1.807, 2.05) is 59.3 Å². The van der Waals surface area contributed by atoms with Gasteiger partial charge in [0.15, 0.2) is 4.77 Å². The first kappa shape index (κ1) is 19.1. The van der Waals surface area contributed by atoms with Crippen molar-refractivity contribution in [1.82, 2.24) is 9.55 Å². The summed E-state index contributed by atoms with van der Waals surface area (Å²) in [4.78, 5) is 29.9. The highest BCUT2D eigenvalue weighted by atomic mass is 32.1. The van der Waals surface area contributed by atoms with Crippen molar-refractivity contribution in [3.05, 3.63) is 71.3 Å². The molecule has 0 aliphatic carbocycles. The number of carbonyl (C=O) groups is 2. The number of nitrogens with zero attached hydrogens (tertiary/aromatic N) is 2.